The van der Waals surface area contributed by atoms with Crippen LogP contribution in [0.15, 0.2) is 54.7 Å². The molecule has 6 rings (SSSR count). The number of pyridine rings is 1. The molecule has 5 N–H and O–H groups in total. The number of nitrogens with two attached hydrogens (primary N) is 2. The first-order valence-corrected chi connectivity index (χ1v) is 14.1. The van der Waals surface area contributed by atoms with Crippen molar-refractivity contribution in [1.82, 2.24) is 14.7 Å². The second-order valence-corrected chi connectivity index (χ2v) is 10.8. The maximum Gasteiger partial charge on any atom is 0.273 e. The summed E-state index contributed by atoms with van der Waals surface area (Å²) < 4.78 is 15.1. The third kappa shape index (κ3) is 5.13. The van der Waals surface area contributed by atoms with Crippen LogP contribution in [0, 0.1) is 0 Å². The number of hydrogen-bond acceptors (Lipinski definition) is 9. The Morgan fingerprint density at radius 3 is 2.61 bits per heavy atom. The van der Waals surface area contributed by atoms with Gasteiger partial charge >= 0.3 is 0 Å². The van der Waals surface area contributed by atoms with Gasteiger partial charge in [-0.3, -0.25) is 24.3 Å². The molecule has 3 amide bonds. The summed E-state index contributed by atoms with van der Waals surface area (Å²) in [6, 6.07) is 13.1. The zero-order chi connectivity index (χ0) is 28.5. The molecule has 210 valence electrons. The van der Waals surface area contributed by atoms with Crippen LogP contribution >= 0.6 is 11.5 Å². The molecular weight excluding hydrogens is 544 g/mol. The maximum atomic E-state index is 14.4. The van der Waals surface area contributed by atoms with E-state index < -0.39 is 17.9 Å². The number of nitrogens with zero attached hydrogens (tertiary/aromatic N) is 3. The van der Waals surface area contributed by atoms with Gasteiger partial charge in [0.15, 0.2) is 17.2 Å². The highest BCUT2D eigenvalue weighted by atomic mass is 32.1. The number of amides is 3. The minimum absolute atomic E-state index is 0.00520. The summed E-state index contributed by atoms with van der Waals surface area (Å²) in [6.07, 6.45) is 6.59. The smallest absolute Gasteiger partial charge is 0.273 e. The largest absolute Gasteiger partial charge is 0.454 e. The monoisotopic (exact) mass is 572 g/mol. The molecule has 0 unspecified atom stereocenters. The summed E-state index contributed by atoms with van der Waals surface area (Å²) in [5.74, 6) is -0.842. The zero-order valence-corrected chi connectivity index (χ0v) is 22.9. The third-order valence-corrected chi connectivity index (χ3v) is 8.26. The van der Waals surface area contributed by atoms with Gasteiger partial charge in [-0.2, -0.15) is 4.37 Å². The van der Waals surface area contributed by atoms with Gasteiger partial charge in [-0.1, -0.05) is 31.4 Å². The lowest BCUT2D eigenvalue weighted by Crippen LogP contribution is -2.47. The van der Waals surface area contributed by atoms with Gasteiger partial charge in [-0.05, 0) is 60.3 Å². The van der Waals surface area contributed by atoms with Crippen molar-refractivity contribution in [1.29, 1.82) is 0 Å². The van der Waals surface area contributed by atoms with Crippen LogP contribution in [0.2, 0.25) is 0 Å². The Bertz CT molecular complexity index is 1650. The zero-order valence-electron chi connectivity index (χ0n) is 22.0. The first-order valence-electron chi connectivity index (χ1n) is 13.3. The fourth-order valence-electron chi connectivity index (χ4n) is 5.37. The highest BCUT2D eigenvalue weighted by Gasteiger charge is 2.37. The lowest BCUT2D eigenvalue weighted by Gasteiger charge is -2.33. The topological polar surface area (TPSA) is 163 Å². The molecule has 1 saturated carbocycles. The fraction of sp³-hybridized carbons (Fsp3) is 0.276. The number of primary amides is 1. The van der Waals surface area contributed by atoms with E-state index in [1.165, 1.54) is 4.90 Å². The Kier molecular flexibility index (Phi) is 7.14. The molecule has 2 aromatic carbocycles. The Hall–Kier alpha value is -4.71. The fourth-order valence-corrected chi connectivity index (χ4v) is 6.11. The highest BCUT2D eigenvalue weighted by molar-refractivity contribution is 7.09. The van der Waals surface area contributed by atoms with Crippen molar-refractivity contribution < 1.29 is 23.9 Å². The van der Waals surface area contributed by atoms with E-state index in [-0.39, 0.29) is 35.0 Å². The second-order valence-electron chi connectivity index (χ2n) is 10.1. The van der Waals surface area contributed by atoms with Gasteiger partial charge in [-0.15, -0.1) is 0 Å². The summed E-state index contributed by atoms with van der Waals surface area (Å²) in [5, 5.41) is 4.00. The summed E-state index contributed by atoms with van der Waals surface area (Å²) >= 11 is 0.759. The van der Waals surface area contributed by atoms with E-state index in [2.05, 4.69) is 14.7 Å². The van der Waals surface area contributed by atoms with Crippen LogP contribution < -0.4 is 31.2 Å². The normalized spacial score (nSPS) is 15.4. The predicted molar refractivity (Wildman–Crippen MR) is 154 cm³/mol. The first kappa shape index (κ1) is 26.5. The van der Waals surface area contributed by atoms with E-state index in [0.29, 0.717) is 22.7 Å². The molecular formula is C29H28N6O5S. The summed E-state index contributed by atoms with van der Waals surface area (Å²) in [4.78, 5) is 46.3. The molecule has 41 heavy (non-hydrogen) atoms. The standard InChI is InChI=1S/C29H28N6O5S/c30-23-24(27(31)36)34-41-26(23)29(38)35(19-9-11-21-22(14-19)40-15-39-21)25(28(37)33-18-6-2-1-3-7-18)17-8-10-20-16(13-17)5-4-12-32-20/h4-5,8-14,18,25H,1-3,6-7,15,30H2,(H2,31,36)(H,33,37)/t25-/m0/s1. The highest BCUT2D eigenvalue weighted by Crippen LogP contribution is 2.40. The number of ether oxygens (including phenoxy) is 2. The van der Waals surface area contributed by atoms with Gasteiger partial charge < -0.3 is 26.3 Å². The SMILES string of the molecule is NC(=O)c1nsc(C(=O)N(c2ccc3c(c2)OCO3)[C@H](C(=O)NC2CCCCC2)c2ccc3ncccc3c2)c1N. The van der Waals surface area contributed by atoms with E-state index >= 15 is 0 Å². The molecule has 3 heterocycles. The van der Waals surface area contributed by atoms with Crippen LogP contribution in [-0.4, -0.2) is 39.9 Å². The Morgan fingerprint density at radius 1 is 1.02 bits per heavy atom. The number of hydrogen-bond donors (Lipinski definition) is 3. The molecule has 4 aromatic rings. The molecule has 0 radical (unpaired) electrons. The number of nitrogen functional groups attached to an aromatic ring is 1. The number of aromatic nitrogens is 2. The number of nitrogens with one attached hydrogen (secondary N) is 1. The van der Waals surface area contributed by atoms with Gasteiger partial charge in [0, 0.05) is 29.4 Å². The van der Waals surface area contributed by atoms with Gasteiger partial charge in [0.2, 0.25) is 12.7 Å². The van der Waals surface area contributed by atoms with Crippen molar-refractivity contribution in [3.05, 3.63) is 70.9 Å². The molecule has 2 aromatic heterocycles. The Labute approximate surface area is 239 Å². The lowest BCUT2D eigenvalue weighted by molar-refractivity contribution is -0.123. The van der Waals surface area contributed by atoms with Gasteiger partial charge in [-0.25, -0.2) is 0 Å². The van der Waals surface area contributed by atoms with Crippen LogP contribution in [0.3, 0.4) is 0 Å². The van der Waals surface area contributed by atoms with Crippen molar-refractivity contribution in [3.8, 4) is 11.5 Å². The predicted octanol–water partition coefficient (Wildman–Crippen LogP) is 3.94. The van der Waals surface area contributed by atoms with Crippen LogP contribution in [0.5, 0.6) is 11.5 Å². The summed E-state index contributed by atoms with van der Waals surface area (Å²) in [5.41, 5.74) is 13.0. The van der Waals surface area contributed by atoms with E-state index in [1.807, 2.05) is 24.3 Å². The van der Waals surface area contributed by atoms with Crippen LogP contribution in [0.25, 0.3) is 10.9 Å². The van der Waals surface area contributed by atoms with Crippen molar-refractivity contribution >= 4 is 51.5 Å². The number of carbonyl (C=O) groups is 3. The second kappa shape index (κ2) is 11.0. The van der Waals surface area contributed by atoms with E-state index in [9.17, 15) is 14.4 Å². The molecule has 1 fully saturated rings. The van der Waals surface area contributed by atoms with E-state index in [0.717, 1.165) is 54.5 Å². The molecule has 1 atom stereocenters. The van der Waals surface area contributed by atoms with Gasteiger partial charge in [0.25, 0.3) is 11.8 Å². The molecule has 2 aliphatic rings. The molecule has 1 aliphatic carbocycles. The summed E-state index contributed by atoms with van der Waals surface area (Å²) in [7, 11) is 0. The Balaban J connectivity index is 1.51. The van der Waals surface area contributed by atoms with E-state index in [4.69, 9.17) is 20.9 Å². The maximum absolute atomic E-state index is 14.4. The van der Waals surface area contributed by atoms with Gasteiger partial charge in [0.05, 0.1) is 11.2 Å². The number of anilines is 2. The molecule has 0 saturated heterocycles. The minimum atomic E-state index is -1.10. The third-order valence-electron chi connectivity index (χ3n) is 7.41. The Morgan fingerprint density at radius 2 is 1.83 bits per heavy atom. The van der Waals surface area contributed by atoms with Crippen molar-refractivity contribution in [2.75, 3.05) is 17.4 Å². The average molecular weight is 573 g/mol. The quantitative estimate of drug-likeness (QED) is 0.300. The lowest BCUT2D eigenvalue weighted by atomic mass is 9.94. The molecule has 1 aliphatic heterocycles. The average Bonchev–Trinajstić information content (AvgIpc) is 3.61. The first-order chi connectivity index (χ1) is 19.9. The van der Waals surface area contributed by atoms with Crippen LogP contribution in [-0.2, 0) is 4.79 Å². The number of rotatable bonds is 7. The minimum Gasteiger partial charge on any atom is -0.454 e. The number of carbonyl (C=O) groups excluding carboxylic acids is 3. The van der Waals surface area contributed by atoms with Crippen LogP contribution in [0.4, 0.5) is 11.4 Å². The van der Waals surface area contributed by atoms with Crippen molar-refractivity contribution in [3.63, 3.8) is 0 Å². The van der Waals surface area contributed by atoms with Crippen LogP contribution in [0.1, 0.15) is 63.9 Å². The molecule has 11 nitrogen and oxygen atoms in total. The van der Waals surface area contributed by atoms with Crippen molar-refractivity contribution in [2.24, 2.45) is 5.73 Å². The van der Waals surface area contributed by atoms with Gasteiger partial charge in [0.1, 0.15) is 10.9 Å². The van der Waals surface area contributed by atoms with Crippen molar-refractivity contribution in [2.45, 2.75) is 44.2 Å². The number of benzene rings is 2. The van der Waals surface area contributed by atoms with E-state index in [1.54, 1.807) is 30.5 Å². The number of fused-ring (bicyclic) bond motifs is 2. The summed E-state index contributed by atoms with van der Waals surface area (Å²) in [6.45, 7) is 0.0414. The molecule has 0 spiro atoms. The molecule has 0 bridgehead atoms. The molecule has 12 heteroatoms.